The summed E-state index contributed by atoms with van der Waals surface area (Å²) < 4.78 is 6.81. The minimum atomic E-state index is -0.873. The van der Waals surface area contributed by atoms with Gasteiger partial charge < -0.3 is 10.4 Å². The van der Waals surface area contributed by atoms with Crippen molar-refractivity contribution < 1.29 is 11.3 Å². The van der Waals surface area contributed by atoms with Crippen LogP contribution in [0.25, 0.3) is 0 Å². The maximum absolute atomic E-state index is 11.0. The van der Waals surface area contributed by atoms with Crippen LogP contribution in [0.5, 0.6) is 0 Å². The van der Waals surface area contributed by atoms with E-state index in [2.05, 4.69) is 5.32 Å². The second-order valence-electron chi connectivity index (χ2n) is 3.22. The highest BCUT2D eigenvalue weighted by molar-refractivity contribution is 5.85. The molecule has 0 bridgehead atoms. The molecule has 16 heavy (non-hydrogen) atoms. The summed E-state index contributed by atoms with van der Waals surface area (Å²) in [5, 5.41) is 11.9. The van der Waals surface area contributed by atoms with Crippen LogP contribution in [0.3, 0.4) is 0 Å². The minimum Gasteiger partial charge on any atom is -0.480 e. The molecular formula is C12H16ClNO2. The molecule has 0 spiro atoms. The summed E-state index contributed by atoms with van der Waals surface area (Å²) in [5.41, 5.74) is 0.984. The van der Waals surface area contributed by atoms with Crippen LogP contribution in [-0.2, 0) is 11.2 Å². The molecule has 1 atom stereocenters. The molecule has 0 unspecified atom stereocenters. The molecule has 0 aliphatic carbocycles. The second-order valence-corrected chi connectivity index (χ2v) is 3.22. The predicted molar refractivity (Wildman–Crippen MR) is 67.0 cm³/mol. The summed E-state index contributed by atoms with van der Waals surface area (Å²) in [4.78, 5) is 11.0. The van der Waals surface area contributed by atoms with E-state index in [1.165, 1.54) is 0 Å². The molecule has 0 aliphatic heterocycles. The normalized spacial score (nSPS) is 12.9. The SMILES string of the molecule is Cl.[2H]C=CCN[C@@H](Cc1ccccc1)C(=O)O. The molecule has 4 heteroatoms. The molecule has 0 heterocycles. The largest absolute Gasteiger partial charge is 0.480 e. The lowest BCUT2D eigenvalue weighted by Gasteiger charge is -2.12. The van der Waals surface area contributed by atoms with Crippen molar-refractivity contribution >= 4 is 18.4 Å². The van der Waals surface area contributed by atoms with Gasteiger partial charge in [-0.05, 0) is 12.0 Å². The maximum Gasteiger partial charge on any atom is 0.321 e. The summed E-state index contributed by atoms with van der Waals surface area (Å²) >= 11 is 0. The Kier molecular flexibility index (Phi) is 6.30. The minimum absolute atomic E-state index is 0. The lowest BCUT2D eigenvalue weighted by molar-refractivity contribution is -0.139. The third kappa shape index (κ3) is 4.96. The quantitative estimate of drug-likeness (QED) is 0.749. The molecule has 0 saturated carbocycles. The zero-order chi connectivity index (χ0) is 11.8. The van der Waals surface area contributed by atoms with Gasteiger partial charge in [-0.15, -0.1) is 19.0 Å². The van der Waals surface area contributed by atoms with E-state index < -0.39 is 12.0 Å². The van der Waals surface area contributed by atoms with Gasteiger partial charge in [-0.1, -0.05) is 36.4 Å². The van der Waals surface area contributed by atoms with E-state index in [-0.39, 0.29) is 12.4 Å². The van der Waals surface area contributed by atoms with Crippen LogP contribution < -0.4 is 5.32 Å². The average Bonchev–Trinajstić information content (AvgIpc) is 2.29. The van der Waals surface area contributed by atoms with Crippen LogP contribution >= 0.6 is 12.4 Å². The number of rotatable bonds is 6. The van der Waals surface area contributed by atoms with Gasteiger partial charge in [0, 0.05) is 6.54 Å². The summed E-state index contributed by atoms with van der Waals surface area (Å²) in [5.74, 6) is -0.873. The number of aliphatic carboxylic acids is 1. The van der Waals surface area contributed by atoms with Gasteiger partial charge in [-0.2, -0.15) is 0 Å². The number of hydrogen-bond donors (Lipinski definition) is 2. The van der Waals surface area contributed by atoms with Crippen molar-refractivity contribution in [2.75, 3.05) is 6.54 Å². The summed E-state index contributed by atoms with van der Waals surface area (Å²) in [6.07, 6.45) is 2.02. The fourth-order valence-electron chi connectivity index (χ4n) is 1.31. The van der Waals surface area contributed by atoms with Crippen LogP contribution in [0.2, 0.25) is 0 Å². The van der Waals surface area contributed by atoms with Crippen molar-refractivity contribution in [3.8, 4) is 0 Å². The lowest BCUT2D eigenvalue weighted by Crippen LogP contribution is -2.38. The Morgan fingerprint density at radius 2 is 2.25 bits per heavy atom. The molecule has 88 valence electrons. The molecule has 2 N–H and O–H groups in total. The molecule has 1 rings (SSSR count). The first-order chi connectivity index (χ1) is 7.74. The second kappa shape index (κ2) is 7.91. The smallest absolute Gasteiger partial charge is 0.321 e. The van der Waals surface area contributed by atoms with E-state index in [9.17, 15) is 4.79 Å². The van der Waals surface area contributed by atoms with Gasteiger partial charge in [-0.3, -0.25) is 4.79 Å². The maximum atomic E-state index is 11.0. The Balaban J connectivity index is 0.00000256. The molecule has 0 saturated heterocycles. The van der Waals surface area contributed by atoms with E-state index in [1.54, 1.807) is 6.08 Å². The number of halogens is 1. The van der Waals surface area contributed by atoms with Crippen LogP contribution in [0.1, 0.15) is 6.93 Å². The number of hydrogen-bond acceptors (Lipinski definition) is 2. The summed E-state index contributed by atoms with van der Waals surface area (Å²) in [6, 6.07) is 8.86. The first-order valence-corrected chi connectivity index (χ1v) is 4.77. The Hall–Kier alpha value is -1.32. The molecule has 0 radical (unpaired) electrons. The monoisotopic (exact) mass is 242 g/mol. The average molecular weight is 243 g/mol. The van der Waals surface area contributed by atoms with Crippen molar-refractivity contribution in [3.63, 3.8) is 0 Å². The highest BCUT2D eigenvalue weighted by Gasteiger charge is 2.15. The van der Waals surface area contributed by atoms with Crippen LogP contribution in [0.4, 0.5) is 0 Å². The van der Waals surface area contributed by atoms with E-state index in [0.717, 1.165) is 12.1 Å². The highest BCUT2D eigenvalue weighted by atomic mass is 35.5. The number of carboxylic acid groups (broad SMARTS) is 1. The standard InChI is InChI=1S/C12H15NO2.ClH/c1-2-8-13-11(12(14)15)9-10-6-4-3-5-7-10;/h2-7,11,13H,1,8-9H2,(H,14,15);1H/t11-;/m0./s1/i1D;. The van der Waals surface area contributed by atoms with Gasteiger partial charge in [0.2, 0.25) is 0 Å². The molecule has 3 nitrogen and oxygen atoms in total. The molecular weight excluding hydrogens is 226 g/mol. The fraction of sp³-hybridized carbons (Fsp3) is 0.250. The van der Waals surface area contributed by atoms with Gasteiger partial charge in [0.25, 0.3) is 0 Å². The highest BCUT2D eigenvalue weighted by Crippen LogP contribution is 2.03. The molecule has 0 fully saturated rings. The van der Waals surface area contributed by atoms with Crippen LogP contribution in [0, 0.1) is 0 Å². The van der Waals surface area contributed by atoms with Crippen molar-refractivity contribution in [1.29, 1.82) is 0 Å². The molecule has 0 aliphatic rings. The molecule has 1 aromatic rings. The van der Waals surface area contributed by atoms with Gasteiger partial charge in [0.05, 0.1) is 1.37 Å². The Bertz CT molecular complexity index is 357. The van der Waals surface area contributed by atoms with E-state index in [4.69, 9.17) is 6.48 Å². The first-order valence-electron chi connectivity index (χ1n) is 5.35. The van der Waals surface area contributed by atoms with Crippen LogP contribution in [0.15, 0.2) is 43.0 Å². The molecule has 0 aromatic heterocycles. The summed E-state index contributed by atoms with van der Waals surface area (Å²) in [7, 11) is 0. The zero-order valence-electron chi connectivity index (χ0n) is 9.80. The van der Waals surface area contributed by atoms with Crippen molar-refractivity contribution in [1.82, 2.24) is 5.32 Å². The van der Waals surface area contributed by atoms with Crippen LogP contribution in [-0.4, -0.2) is 23.7 Å². The number of carboxylic acids is 1. The zero-order valence-corrected chi connectivity index (χ0v) is 9.61. The molecule has 1 aromatic carbocycles. The van der Waals surface area contributed by atoms with Crippen molar-refractivity contribution in [3.05, 3.63) is 48.5 Å². The van der Waals surface area contributed by atoms with E-state index >= 15 is 0 Å². The Labute approximate surface area is 103 Å². The number of carbonyl (C=O) groups is 1. The van der Waals surface area contributed by atoms with Gasteiger partial charge in [-0.25, -0.2) is 0 Å². The Morgan fingerprint density at radius 1 is 1.56 bits per heavy atom. The van der Waals surface area contributed by atoms with Crippen molar-refractivity contribution in [2.45, 2.75) is 12.5 Å². The lowest BCUT2D eigenvalue weighted by atomic mass is 10.1. The van der Waals surface area contributed by atoms with Gasteiger partial charge >= 0.3 is 5.97 Å². The third-order valence-corrected chi connectivity index (χ3v) is 2.06. The first kappa shape index (κ1) is 12.7. The summed E-state index contributed by atoms with van der Waals surface area (Å²) in [6.45, 7) is 1.54. The van der Waals surface area contributed by atoms with E-state index in [0.29, 0.717) is 13.0 Å². The fourth-order valence-corrected chi connectivity index (χ4v) is 1.31. The van der Waals surface area contributed by atoms with E-state index in [1.807, 2.05) is 30.3 Å². The topological polar surface area (TPSA) is 49.3 Å². The third-order valence-electron chi connectivity index (χ3n) is 2.06. The number of benzene rings is 1. The Morgan fingerprint density at radius 3 is 2.81 bits per heavy atom. The van der Waals surface area contributed by atoms with Gasteiger partial charge in [0.1, 0.15) is 6.04 Å². The number of nitrogens with one attached hydrogen (secondary N) is 1. The van der Waals surface area contributed by atoms with Gasteiger partial charge in [0.15, 0.2) is 0 Å². The molecule has 0 amide bonds. The predicted octanol–water partition coefficient (Wildman–Crippen LogP) is 1.88. The van der Waals surface area contributed by atoms with Crippen molar-refractivity contribution in [2.24, 2.45) is 0 Å².